The Hall–Kier alpha value is -0.0300. The largest absolute Gasteiger partial charge is 0.441 e. The predicted octanol–water partition coefficient (Wildman–Crippen LogP) is 1.26. The molecule has 0 saturated heterocycles. The third-order valence-electron chi connectivity index (χ3n) is 0.279. The zero-order valence-corrected chi connectivity index (χ0v) is 5.16. The van der Waals surface area contributed by atoms with Gasteiger partial charge in [0, 0.05) is 0 Å². The summed E-state index contributed by atoms with van der Waals surface area (Å²) in [5, 5.41) is 0. The summed E-state index contributed by atoms with van der Waals surface area (Å²) in [6.45, 7) is 0. The van der Waals surface area contributed by atoms with Crippen molar-refractivity contribution in [2.75, 3.05) is 0 Å². The number of halogens is 4. The van der Waals surface area contributed by atoms with Gasteiger partial charge in [-0.15, -0.1) is 12.4 Å². The molecule has 0 aliphatic rings. The molecular weight excluding hydrogens is 163 g/mol. The quantitative estimate of drug-likeness (QED) is 0.547. The minimum absolute atomic E-state index is 0. The van der Waals surface area contributed by atoms with E-state index in [-0.39, 0.29) is 12.4 Å². The second kappa shape index (κ2) is 3.09. The van der Waals surface area contributed by atoms with Crippen LogP contribution in [-0.2, 0) is 0 Å². The van der Waals surface area contributed by atoms with Crippen LogP contribution in [0, 0.1) is 0 Å². The number of rotatable bonds is 0. The van der Waals surface area contributed by atoms with Gasteiger partial charge in [0.15, 0.2) is 4.99 Å². The zero-order chi connectivity index (χ0) is 6.08. The fourth-order valence-electron chi connectivity index (χ4n) is 0. The Bertz CT molecular complexity index is 89.8. The van der Waals surface area contributed by atoms with E-state index < -0.39 is 11.2 Å². The van der Waals surface area contributed by atoms with E-state index in [2.05, 4.69) is 18.0 Å². The van der Waals surface area contributed by atoms with Crippen LogP contribution in [0.25, 0.3) is 0 Å². The topological polar surface area (TPSA) is 26.0 Å². The molecule has 0 aliphatic carbocycles. The molecule has 0 atom stereocenters. The van der Waals surface area contributed by atoms with Crippen LogP contribution in [0.3, 0.4) is 0 Å². The van der Waals surface area contributed by atoms with Crippen molar-refractivity contribution < 1.29 is 13.2 Å². The molecule has 0 amide bonds. The highest BCUT2D eigenvalue weighted by Gasteiger charge is 2.31. The average Bonchev–Trinajstić information content (AvgIpc) is 1.31. The van der Waals surface area contributed by atoms with E-state index in [0.29, 0.717) is 0 Å². The number of hydrogen-bond acceptors (Lipinski definition) is 1. The third-order valence-corrected chi connectivity index (χ3v) is 0.511. The molecule has 0 radical (unpaired) electrons. The first-order valence-corrected chi connectivity index (χ1v) is 1.72. The van der Waals surface area contributed by atoms with E-state index in [1.165, 1.54) is 0 Å². The van der Waals surface area contributed by atoms with Crippen molar-refractivity contribution in [1.29, 1.82) is 0 Å². The van der Waals surface area contributed by atoms with Crippen LogP contribution in [0.4, 0.5) is 13.2 Å². The van der Waals surface area contributed by atoms with Gasteiger partial charge in [0.05, 0.1) is 0 Å². The molecule has 6 heteroatoms. The maximum atomic E-state index is 10.9. The first-order chi connectivity index (χ1) is 2.94. The summed E-state index contributed by atoms with van der Waals surface area (Å²) in [6, 6.07) is 0. The van der Waals surface area contributed by atoms with Gasteiger partial charge in [0.1, 0.15) is 0 Å². The molecule has 0 aromatic carbocycles. The standard InChI is InChI=1S/C2H2F3NS.ClH/c3-2(4,5)1(6)7;/h(H2,6,7);1H. The van der Waals surface area contributed by atoms with Crippen LogP contribution >= 0.6 is 24.6 Å². The van der Waals surface area contributed by atoms with Crippen molar-refractivity contribution in [3.05, 3.63) is 0 Å². The Morgan fingerprint density at radius 2 is 1.50 bits per heavy atom. The van der Waals surface area contributed by atoms with Crippen molar-refractivity contribution in [3.63, 3.8) is 0 Å². The van der Waals surface area contributed by atoms with E-state index in [1.807, 2.05) is 0 Å². The number of alkyl halides is 3. The highest BCUT2D eigenvalue weighted by Crippen LogP contribution is 2.13. The van der Waals surface area contributed by atoms with Crippen molar-refractivity contribution in [2.45, 2.75) is 6.18 Å². The van der Waals surface area contributed by atoms with Gasteiger partial charge in [0.25, 0.3) is 0 Å². The second-order valence-electron chi connectivity index (χ2n) is 0.862. The van der Waals surface area contributed by atoms with Gasteiger partial charge in [-0.05, 0) is 0 Å². The lowest BCUT2D eigenvalue weighted by Crippen LogP contribution is -2.28. The van der Waals surface area contributed by atoms with Gasteiger partial charge < -0.3 is 5.73 Å². The van der Waals surface area contributed by atoms with Crippen molar-refractivity contribution in [1.82, 2.24) is 0 Å². The van der Waals surface area contributed by atoms with Crippen molar-refractivity contribution in [3.8, 4) is 0 Å². The molecule has 0 aliphatic heterocycles. The van der Waals surface area contributed by atoms with Gasteiger partial charge in [-0.3, -0.25) is 0 Å². The summed E-state index contributed by atoms with van der Waals surface area (Å²) in [5.74, 6) is 0. The molecule has 0 aromatic rings. The maximum absolute atomic E-state index is 10.9. The lowest BCUT2D eigenvalue weighted by Gasteiger charge is -1.98. The van der Waals surface area contributed by atoms with Crippen molar-refractivity contribution >= 4 is 29.6 Å². The number of thiocarbonyl (C=S) groups is 1. The molecule has 1 nitrogen and oxygen atoms in total. The minimum atomic E-state index is -4.49. The van der Waals surface area contributed by atoms with Crippen molar-refractivity contribution in [2.24, 2.45) is 5.73 Å². The lowest BCUT2D eigenvalue weighted by molar-refractivity contribution is -0.0573. The van der Waals surface area contributed by atoms with Gasteiger partial charge in [-0.2, -0.15) is 13.2 Å². The Kier molecular flexibility index (Phi) is 4.19. The van der Waals surface area contributed by atoms with E-state index >= 15 is 0 Å². The smallest absolute Gasteiger partial charge is 0.386 e. The third kappa shape index (κ3) is 4.14. The molecule has 0 unspecified atom stereocenters. The molecule has 0 rings (SSSR count). The van der Waals surface area contributed by atoms with Crippen LogP contribution in [-0.4, -0.2) is 11.2 Å². The molecule has 50 valence electrons. The Balaban J connectivity index is 0. The number of nitrogens with two attached hydrogens (primary N) is 1. The summed E-state index contributed by atoms with van der Waals surface area (Å²) < 4.78 is 32.7. The Morgan fingerprint density at radius 3 is 1.50 bits per heavy atom. The van der Waals surface area contributed by atoms with Gasteiger partial charge >= 0.3 is 6.18 Å². The highest BCUT2D eigenvalue weighted by atomic mass is 35.5. The first kappa shape index (κ1) is 10.9. The maximum Gasteiger partial charge on any atom is 0.441 e. The summed E-state index contributed by atoms with van der Waals surface area (Å²) in [6.07, 6.45) is -4.49. The molecule has 0 spiro atoms. The summed E-state index contributed by atoms with van der Waals surface area (Å²) in [4.78, 5) is -1.42. The van der Waals surface area contributed by atoms with Gasteiger partial charge in [-0.1, -0.05) is 12.2 Å². The predicted molar refractivity (Wildman–Crippen MR) is 30.1 cm³/mol. The molecular formula is C2H3ClF3NS. The minimum Gasteiger partial charge on any atom is -0.386 e. The summed E-state index contributed by atoms with van der Waals surface area (Å²) in [5.41, 5.74) is 4.18. The SMILES string of the molecule is Cl.NC(=S)C(F)(F)F. The van der Waals surface area contributed by atoms with Gasteiger partial charge in [-0.25, -0.2) is 0 Å². The normalized spacial score (nSPS) is 9.88. The van der Waals surface area contributed by atoms with E-state index in [9.17, 15) is 13.2 Å². The van der Waals surface area contributed by atoms with Crippen LogP contribution in [0.1, 0.15) is 0 Å². The average molecular weight is 166 g/mol. The Labute approximate surface area is 55.5 Å². The summed E-state index contributed by atoms with van der Waals surface area (Å²) in [7, 11) is 0. The van der Waals surface area contributed by atoms with Crippen LogP contribution < -0.4 is 5.73 Å². The Morgan fingerprint density at radius 1 is 1.38 bits per heavy atom. The highest BCUT2D eigenvalue weighted by molar-refractivity contribution is 7.80. The summed E-state index contributed by atoms with van der Waals surface area (Å²) >= 11 is 3.59. The second-order valence-corrected chi connectivity index (χ2v) is 1.30. The molecule has 8 heavy (non-hydrogen) atoms. The molecule has 0 saturated carbocycles. The van der Waals surface area contributed by atoms with Crippen LogP contribution in [0.5, 0.6) is 0 Å². The lowest BCUT2D eigenvalue weighted by atomic mass is 10.7. The molecule has 0 heterocycles. The molecule has 2 N–H and O–H groups in total. The fourth-order valence-corrected chi connectivity index (χ4v) is 0. The van der Waals surface area contributed by atoms with E-state index in [0.717, 1.165) is 0 Å². The van der Waals surface area contributed by atoms with Gasteiger partial charge in [0.2, 0.25) is 0 Å². The van der Waals surface area contributed by atoms with Crippen LogP contribution in [0.2, 0.25) is 0 Å². The molecule has 0 aromatic heterocycles. The van der Waals surface area contributed by atoms with E-state index in [4.69, 9.17) is 0 Å². The zero-order valence-electron chi connectivity index (χ0n) is 3.53. The number of hydrogen-bond donors (Lipinski definition) is 1. The first-order valence-electron chi connectivity index (χ1n) is 1.31. The monoisotopic (exact) mass is 165 g/mol. The molecule has 0 bridgehead atoms. The van der Waals surface area contributed by atoms with Crippen LogP contribution in [0.15, 0.2) is 0 Å². The molecule has 0 fully saturated rings. The fraction of sp³-hybridized carbons (Fsp3) is 0.500. The van der Waals surface area contributed by atoms with E-state index in [1.54, 1.807) is 0 Å².